The Morgan fingerprint density at radius 2 is 1.83 bits per heavy atom. The first-order valence-corrected chi connectivity index (χ1v) is 11.8. The normalized spacial score (nSPS) is 11.8. The predicted molar refractivity (Wildman–Crippen MR) is 131 cm³/mol. The van der Waals surface area contributed by atoms with Crippen LogP contribution in [0.4, 0.5) is 5.69 Å². The summed E-state index contributed by atoms with van der Waals surface area (Å²) in [5, 5.41) is 7.03. The summed E-state index contributed by atoms with van der Waals surface area (Å²) in [4.78, 5) is 25.9. The smallest absolute Gasteiger partial charge is 0.339 e. The number of anilines is 1. The van der Waals surface area contributed by atoms with Gasteiger partial charge in [0.15, 0.2) is 11.5 Å². The molecule has 176 valence electrons. The van der Waals surface area contributed by atoms with Crippen LogP contribution < -0.4 is 14.8 Å². The Morgan fingerprint density at radius 3 is 2.66 bits per heavy atom. The third kappa shape index (κ3) is 5.47. The van der Waals surface area contributed by atoms with E-state index in [2.05, 4.69) is 10.4 Å². The molecular formula is C26H21N3O5S. The molecule has 2 heterocycles. The van der Waals surface area contributed by atoms with Gasteiger partial charge in [-0.05, 0) is 48.0 Å². The van der Waals surface area contributed by atoms with Crippen molar-refractivity contribution in [3.05, 3.63) is 96.3 Å². The summed E-state index contributed by atoms with van der Waals surface area (Å²) in [5.74, 6) is 0.737. The maximum Gasteiger partial charge on any atom is 0.339 e. The van der Waals surface area contributed by atoms with Gasteiger partial charge in [-0.2, -0.15) is 5.10 Å². The van der Waals surface area contributed by atoms with Crippen molar-refractivity contribution in [2.24, 2.45) is 0 Å². The maximum atomic E-state index is 12.8. The van der Waals surface area contributed by atoms with E-state index >= 15 is 0 Å². The first-order valence-electron chi connectivity index (χ1n) is 10.8. The van der Waals surface area contributed by atoms with Crippen molar-refractivity contribution in [1.82, 2.24) is 9.78 Å². The van der Waals surface area contributed by atoms with Gasteiger partial charge in [0.25, 0.3) is 0 Å². The molecule has 0 bridgehead atoms. The fourth-order valence-corrected chi connectivity index (χ4v) is 4.31. The number of hydrogen-bond acceptors (Lipinski definition) is 7. The summed E-state index contributed by atoms with van der Waals surface area (Å²) in [5.41, 5.74) is 2.82. The van der Waals surface area contributed by atoms with Gasteiger partial charge >= 0.3 is 5.97 Å². The van der Waals surface area contributed by atoms with Crippen LogP contribution in [0.5, 0.6) is 11.5 Å². The molecule has 0 unspecified atom stereocenters. The minimum atomic E-state index is -0.444. The molecular weight excluding hydrogens is 466 g/mol. The van der Waals surface area contributed by atoms with Crippen LogP contribution in [0.2, 0.25) is 0 Å². The third-order valence-corrected chi connectivity index (χ3v) is 6.27. The summed E-state index contributed by atoms with van der Waals surface area (Å²) in [6.45, 7) is 0.313. The molecule has 0 fully saturated rings. The zero-order valence-corrected chi connectivity index (χ0v) is 19.4. The fraction of sp³-hybridized carbons (Fsp3) is 0.115. The molecule has 0 atom stereocenters. The number of thioether (sulfide) groups is 1. The highest BCUT2D eigenvalue weighted by atomic mass is 32.2. The maximum absolute atomic E-state index is 12.8. The van der Waals surface area contributed by atoms with Gasteiger partial charge in [-0.1, -0.05) is 24.3 Å². The zero-order valence-electron chi connectivity index (χ0n) is 18.5. The summed E-state index contributed by atoms with van der Waals surface area (Å²) < 4.78 is 17.9. The Balaban J connectivity index is 1.16. The Labute approximate surface area is 205 Å². The summed E-state index contributed by atoms with van der Waals surface area (Å²) in [6, 6.07) is 21.8. The lowest BCUT2D eigenvalue weighted by molar-refractivity contribution is -0.113. The third-order valence-electron chi connectivity index (χ3n) is 5.20. The largest absolute Gasteiger partial charge is 0.457 e. The van der Waals surface area contributed by atoms with Crippen molar-refractivity contribution in [1.29, 1.82) is 0 Å². The molecule has 0 saturated carbocycles. The molecule has 4 aromatic rings. The van der Waals surface area contributed by atoms with Gasteiger partial charge in [0.2, 0.25) is 12.7 Å². The van der Waals surface area contributed by atoms with Gasteiger partial charge in [0, 0.05) is 29.0 Å². The molecule has 1 aliphatic heterocycles. The van der Waals surface area contributed by atoms with Gasteiger partial charge in [0.05, 0.1) is 17.0 Å². The topological polar surface area (TPSA) is 91.7 Å². The van der Waals surface area contributed by atoms with E-state index in [9.17, 15) is 9.59 Å². The van der Waals surface area contributed by atoms with Crippen LogP contribution in [0.3, 0.4) is 0 Å². The number of amides is 1. The van der Waals surface area contributed by atoms with E-state index in [1.165, 1.54) is 11.8 Å². The molecule has 0 spiro atoms. The SMILES string of the molecule is O=C(CSc1ccccc1C(=O)OCc1ccc(-n2cccn2)cc1)Nc1ccc2c(c1)OCO2. The highest BCUT2D eigenvalue weighted by molar-refractivity contribution is 8.00. The van der Waals surface area contributed by atoms with E-state index in [-0.39, 0.29) is 25.1 Å². The number of benzene rings is 3. The zero-order chi connectivity index (χ0) is 24.0. The summed E-state index contributed by atoms with van der Waals surface area (Å²) in [6.07, 6.45) is 3.57. The molecule has 35 heavy (non-hydrogen) atoms. The molecule has 1 aromatic heterocycles. The van der Waals surface area contributed by atoms with Crippen LogP contribution in [0.15, 0.2) is 90.1 Å². The van der Waals surface area contributed by atoms with Gasteiger partial charge in [-0.25, -0.2) is 9.48 Å². The first-order chi connectivity index (χ1) is 17.2. The number of nitrogens with zero attached hydrogens (tertiary/aromatic N) is 2. The van der Waals surface area contributed by atoms with E-state index in [0.29, 0.717) is 27.6 Å². The minimum absolute atomic E-state index is 0.133. The van der Waals surface area contributed by atoms with Crippen LogP contribution in [0.25, 0.3) is 5.69 Å². The van der Waals surface area contributed by atoms with Gasteiger partial charge in [-0.3, -0.25) is 4.79 Å². The Kier molecular flexibility index (Phi) is 6.67. The van der Waals surface area contributed by atoms with Crippen LogP contribution in [-0.2, 0) is 16.1 Å². The number of carbonyl (C=O) groups excluding carboxylic acids is 2. The lowest BCUT2D eigenvalue weighted by Crippen LogP contribution is -2.14. The Bertz CT molecular complexity index is 1340. The van der Waals surface area contributed by atoms with E-state index in [0.717, 1.165) is 11.3 Å². The highest BCUT2D eigenvalue weighted by Crippen LogP contribution is 2.34. The Morgan fingerprint density at radius 1 is 1.00 bits per heavy atom. The second-order valence-electron chi connectivity index (χ2n) is 7.59. The molecule has 1 N–H and O–H groups in total. The lowest BCUT2D eigenvalue weighted by atomic mass is 10.2. The molecule has 8 nitrogen and oxygen atoms in total. The number of nitrogens with one attached hydrogen (secondary N) is 1. The average molecular weight is 488 g/mol. The van der Waals surface area contributed by atoms with Crippen molar-refractivity contribution in [3.8, 4) is 17.2 Å². The Hall–Kier alpha value is -4.24. The van der Waals surface area contributed by atoms with Crippen molar-refractivity contribution in [2.75, 3.05) is 17.9 Å². The van der Waals surface area contributed by atoms with Crippen LogP contribution >= 0.6 is 11.8 Å². The average Bonchev–Trinajstić information content (AvgIpc) is 3.59. The number of ether oxygens (including phenoxy) is 3. The molecule has 5 rings (SSSR count). The number of rotatable bonds is 8. The molecule has 1 aliphatic rings. The van der Waals surface area contributed by atoms with Crippen molar-refractivity contribution in [3.63, 3.8) is 0 Å². The van der Waals surface area contributed by atoms with Crippen LogP contribution in [-0.4, -0.2) is 34.2 Å². The predicted octanol–water partition coefficient (Wildman–Crippen LogP) is 4.69. The van der Waals surface area contributed by atoms with E-state index in [1.807, 2.05) is 42.6 Å². The molecule has 0 radical (unpaired) electrons. The van der Waals surface area contributed by atoms with Gasteiger partial charge in [0.1, 0.15) is 6.61 Å². The molecule has 0 saturated heterocycles. The standard InChI is InChI=1S/C26H21N3O5S/c30-25(28-19-8-11-22-23(14-19)34-17-33-22)16-35-24-5-2-1-4-21(24)26(31)32-15-18-6-9-20(10-7-18)29-13-3-12-27-29/h1-14H,15-17H2,(H,28,30). The quantitative estimate of drug-likeness (QED) is 0.285. The lowest BCUT2D eigenvalue weighted by Gasteiger charge is -2.10. The van der Waals surface area contributed by atoms with Crippen LogP contribution in [0, 0.1) is 0 Å². The highest BCUT2D eigenvalue weighted by Gasteiger charge is 2.16. The second-order valence-corrected chi connectivity index (χ2v) is 8.61. The number of esters is 1. The molecule has 9 heteroatoms. The number of fused-ring (bicyclic) bond motifs is 1. The van der Waals surface area contributed by atoms with Crippen molar-refractivity contribution >= 4 is 29.3 Å². The summed E-state index contributed by atoms with van der Waals surface area (Å²) in [7, 11) is 0. The first kappa shape index (κ1) is 22.5. The number of carbonyl (C=O) groups is 2. The monoisotopic (exact) mass is 487 g/mol. The van der Waals surface area contributed by atoms with Gasteiger partial charge < -0.3 is 19.5 Å². The van der Waals surface area contributed by atoms with Crippen molar-refractivity contribution < 1.29 is 23.8 Å². The molecule has 0 aliphatic carbocycles. The van der Waals surface area contributed by atoms with E-state index in [4.69, 9.17) is 14.2 Å². The minimum Gasteiger partial charge on any atom is -0.457 e. The van der Waals surface area contributed by atoms with Gasteiger partial charge in [-0.15, -0.1) is 11.8 Å². The fourth-order valence-electron chi connectivity index (χ4n) is 3.47. The van der Waals surface area contributed by atoms with E-state index < -0.39 is 5.97 Å². The molecule has 3 aromatic carbocycles. The van der Waals surface area contributed by atoms with E-state index in [1.54, 1.807) is 47.3 Å². The summed E-state index contributed by atoms with van der Waals surface area (Å²) >= 11 is 1.27. The number of aromatic nitrogens is 2. The van der Waals surface area contributed by atoms with Crippen LogP contribution in [0.1, 0.15) is 15.9 Å². The number of hydrogen-bond donors (Lipinski definition) is 1. The van der Waals surface area contributed by atoms with Crippen molar-refractivity contribution in [2.45, 2.75) is 11.5 Å². The molecule has 1 amide bonds. The second kappa shape index (κ2) is 10.4.